The zero-order valence-corrected chi connectivity index (χ0v) is 20.9. The number of hydrazone groups is 1. The molecule has 1 N–H and O–H groups in total. The van der Waals surface area contributed by atoms with Crippen LogP contribution in [0.5, 0.6) is 5.75 Å². The summed E-state index contributed by atoms with van der Waals surface area (Å²) in [5, 5.41) is 9.51. The minimum absolute atomic E-state index is 0.0287. The van der Waals surface area contributed by atoms with Gasteiger partial charge in [0, 0.05) is 18.5 Å². The second kappa shape index (κ2) is 10.4. The Hall–Kier alpha value is -3.91. The average molecular weight is 499 g/mol. The fourth-order valence-electron chi connectivity index (χ4n) is 4.20. The van der Waals surface area contributed by atoms with Crippen LogP contribution in [0.3, 0.4) is 0 Å². The number of carbonyl (C=O) groups excluding carboxylic acids is 2. The molecule has 0 saturated heterocycles. The summed E-state index contributed by atoms with van der Waals surface area (Å²) in [7, 11) is 1.59. The average Bonchev–Trinajstić information content (AvgIpc) is 3.49. The number of amides is 2. The van der Waals surface area contributed by atoms with E-state index >= 15 is 0 Å². The van der Waals surface area contributed by atoms with Crippen LogP contribution in [0.2, 0.25) is 0 Å². The molecule has 2 amide bonds. The molecule has 2 atom stereocenters. The van der Waals surface area contributed by atoms with Crippen molar-refractivity contribution in [2.45, 2.75) is 31.1 Å². The number of benzene rings is 3. The van der Waals surface area contributed by atoms with Crippen molar-refractivity contribution in [2.24, 2.45) is 10.1 Å². The van der Waals surface area contributed by atoms with E-state index in [1.165, 1.54) is 17.3 Å². The third-order valence-corrected chi connectivity index (χ3v) is 7.29. The van der Waals surface area contributed by atoms with Crippen LogP contribution in [0.15, 0.2) is 89.0 Å². The first-order valence-corrected chi connectivity index (χ1v) is 12.6. The van der Waals surface area contributed by atoms with Gasteiger partial charge in [0.2, 0.25) is 5.91 Å². The lowest BCUT2D eigenvalue weighted by atomic mass is 9.98. The number of aliphatic imine (C=N–C) groups is 1. The topological polar surface area (TPSA) is 83.4 Å². The predicted molar refractivity (Wildman–Crippen MR) is 143 cm³/mol. The zero-order valence-electron chi connectivity index (χ0n) is 20.0. The number of ether oxygens (including phenoxy) is 1. The third kappa shape index (κ3) is 5.18. The number of thioether (sulfide) groups is 1. The van der Waals surface area contributed by atoms with Crippen LogP contribution in [0.25, 0.3) is 0 Å². The molecule has 5 rings (SSSR count). The van der Waals surface area contributed by atoms with Crippen molar-refractivity contribution in [1.82, 2.24) is 5.01 Å². The standard InChI is InChI=1S/C28H26N4O3S/c1-18-8-10-19(11-9-18)23-16-24(20-6-4-3-5-7-20)32(31-23)28-30-27(34)25(36-28)17-26(33)29-21-12-14-22(35-2)15-13-21/h3-15,24-25H,16-17H2,1-2H3,(H,29,33)/t24-,25-/m1/s1. The quantitative estimate of drug-likeness (QED) is 0.506. The number of amidine groups is 1. The molecule has 8 heteroatoms. The number of rotatable bonds is 6. The molecule has 182 valence electrons. The van der Waals surface area contributed by atoms with Gasteiger partial charge >= 0.3 is 0 Å². The van der Waals surface area contributed by atoms with E-state index in [4.69, 9.17) is 9.84 Å². The van der Waals surface area contributed by atoms with Crippen LogP contribution in [0.1, 0.15) is 35.6 Å². The van der Waals surface area contributed by atoms with Crippen molar-refractivity contribution in [1.29, 1.82) is 0 Å². The number of methoxy groups -OCH3 is 1. The van der Waals surface area contributed by atoms with Crippen molar-refractivity contribution in [3.63, 3.8) is 0 Å². The maximum atomic E-state index is 12.8. The van der Waals surface area contributed by atoms with Crippen LogP contribution in [-0.2, 0) is 9.59 Å². The number of nitrogens with one attached hydrogen (secondary N) is 1. The summed E-state index contributed by atoms with van der Waals surface area (Å²) < 4.78 is 5.15. The monoisotopic (exact) mass is 498 g/mol. The van der Waals surface area contributed by atoms with Gasteiger partial charge in [0.15, 0.2) is 5.17 Å². The summed E-state index contributed by atoms with van der Waals surface area (Å²) >= 11 is 1.30. The zero-order chi connectivity index (χ0) is 25.1. The van der Waals surface area contributed by atoms with Crippen molar-refractivity contribution in [3.8, 4) is 5.75 Å². The van der Waals surface area contributed by atoms with E-state index in [1.807, 2.05) is 23.2 Å². The molecule has 0 saturated carbocycles. The van der Waals surface area contributed by atoms with Gasteiger partial charge in [-0.1, -0.05) is 71.9 Å². The Morgan fingerprint density at radius 1 is 1.06 bits per heavy atom. The molecule has 0 unspecified atom stereocenters. The van der Waals surface area contributed by atoms with Gasteiger partial charge in [0.1, 0.15) is 11.0 Å². The maximum absolute atomic E-state index is 12.8. The normalized spacial score (nSPS) is 19.2. The van der Waals surface area contributed by atoms with Gasteiger partial charge in [0.25, 0.3) is 5.91 Å². The second-order valence-electron chi connectivity index (χ2n) is 8.71. The summed E-state index contributed by atoms with van der Waals surface area (Å²) in [6.07, 6.45) is 0.727. The first-order valence-electron chi connectivity index (χ1n) is 11.7. The van der Waals surface area contributed by atoms with E-state index in [-0.39, 0.29) is 24.3 Å². The van der Waals surface area contributed by atoms with Crippen molar-refractivity contribution in [2.75, 3.05) is 12.4 Å². The number of aryl methyl sites for hydroxylation is 1. The third-order valence-electron chi connectivity index (χ3n) is 6.15. The van der Waals surface area contributed by atoms with E-state index in [1.54, 1.807) is 31.4 Å². The number of hydrogen-bond donors (Lipinski definition) is 1. The molecule has 0 fully saturated rings. The van der Waals surface area contributed by atoms with E-state index in [0.717, 1.165) is 16.8 Å². The van der Waals surface area contributed by atoms with Crippen molar-refractivity contribution >= 4 is 40.1 Å². The smallest absolute Gasteiger partial charge is 0.262 e. The molecule has 0 bridgehead atoms. The molecule has 3 aromatic carbocycles. The molecule has 0 radical (unpaired) electrons. The van der Waals surface area contributed by atoms with E-state index in [0.29, 0.717) is 23.0 Å². The predicted octanol–water partition coefficient (Wildman–Crippen LogP) is 5.18. The van der Waals surface area contributed by atoms with E-state index < -0.39 is 5.25 Å². The highest BCUT2D eigenvalue weighted by Crippen LogP contribution is 2.38. The lowest BCUT2D eigenvalue weighted by Gasteiger charge is -2.23. The summed E-state index contributed by atoms with van der Waals surface area (Å²) in [5.74, 6) is 0.148. The van der Waals surface area contributed by atoms with Crippen molar-refractivity contribution < 1.29 is 14.3 Å². The van der Waals surface area contributed by atoms with Gasteiger partial charge in [-0.3, -0.25) is 9.59 Å². The molecule has 3 aromatic rings. The molecule has 7 nitrogen and oxygen atoms in total. The Labute approximate surface area is 214 Å². The highest BCUT2D eigenvalue weighted by molar-refractivity contribution is 8.15. The molecule has 2 aliphatic heterocycles. The van der Waals surface area contributed by atoms with Gasteiger partial charge in [-0.25, -0.2) is 5.01 Å². The Balaban J connectivity index is 1.32. The molecular weight excluding hydrogens is 472 g/mol. The van der Waals surface area contributed by atoms with Crippen LogP contribution < -0.4 is 10.1 Å². The number of anilines is 1. The van der Waals surface area contributed by atoms with Crippen LogP contribution >= 0.6 is 11.8 Å². The minimum Gasteiger partial charge on any atom is -0.497 e. The molecule has 2 aliphatic rings. The van der Waals surface area contributed by atoms with Crippen LogP contribution in [0.4, 0.5) is 5.69 Å². The van der Waals surface area contributed by atoms with Crippen molar-refractivity contribution in [3.05, 3.63) is 95.6 Å². The molecule has 2 heterocycles. The molecule has 0 aliphatic carbocycles. The molecule has 0 spiro atoms. The minimum atomic E-state index is -0.590. The molecule has 0 aromatic heterocycles. The fourth-order valence-corrected chi connectivity index (χ4v) is 5.26. The van der Waals surface area contributed by atoms with Gasteiger partial charge < -0.3 is 10.1 Å². The molecular formula is C28H26N4O3S. The summed E-state index contributed by atoms with van der Waals surface area (Å²) in [6.45, 7) is 2.06. The SMILES string of the molecule is COc1ccc(NC(=O)C[C@H]2SC(N3N=C(c4ccc(C)cc4)C[C@@H]3c3ccccc3)=NC2=O)cc1. The van der Waals surface area contributed by atoms with Gasteiger partial charge in [-0.2, -0.15) is 10.1 Å². The lowest BCUT2D eigenvalue weighted by Crippen LogP contribution is -2.25. The number of nitrogens with zero attached hydrogens (tertiary/aromatic N) is 3. The molecule has 36 heavy (non-hydrogen) atoms. The van der Waals surface area contributed by atoms with Crippen LogP contribution in [0, 0.1) is 6.92 Å². The van der Waals surface area contributed by atoms with Gasteiger partial charge in [-0.05, 0) is 42.3 Å². The maximum Gasteiger partial charge on any atom is 0.262 e. The summed E-state index contributed by atoms with van der Waals surface area (Å²) in [5.41, 5.74) is 4.92. The summed E-state index contributed by atoms with van der Waals surface area (Å²) in [4.78, 5) is 29.7. The number of hydrogen-bond acceptors (Lipinski definition) is 6. The van der Waals surface area contributed by atoms with Crippen LogP contribution in [-0.4, -0.2) is 40.1 Å². The number of carbonyl (C=O) groups is 2. The van der Waals surface area contributed by atoms with E-state index in [9.17, 15) is 9.59 Å². The second-order valence-corrected chi connectivity index (χ2v) is 9.88. The largest absolute Gasteiger partial charge is 0.497 e. The Morgan fingerprint density at radius 2 is 1.78 bits per heavy atom. The Bertz CT molecular complexity index is 1320. The fraction of sp³-hybridized carbons (Fsp3) is 0.214. The highest BCUT2D eigenvalue weighted by atomic mass is 32.2. The summed E-state index contributed by atoms with van der Waals surface area (Å²) in [6, 6.07) is 25.4. The van der Waals surface area contributed by atoms with E-state index in [2.05, 4.69) is 53.6 Å². The first-order chi connectivity index (χ1) is 17.5. The highest BCUT2D eigenvalue weighted by Gasteiger charge is 2.39. The lowest BCUT2D eigenvalue weighted by molar-refractivity contribution is -0.121. The first kappa shape index (κ1) is 23.8. The Morgan fingerprint density at radius 3 is 2.47 bits per heavy atom. The van der Waals surface area contributed by atoms with Gasteiger partial charge in [-0.15, -0.1) is 0 Å². The van der Waals surface area contributed by atoms with Gasteiger partial charge in [0.05, 0.1) is 18.9 Å². The Kier molecular flexibility index (Phi) is 6.86.